The number of benzene rings is 1. The van der Waals surface area contributed by atoms with Crippen LogP contribution in [0.2, 0.25) is 0 Å². The molecule has 1 rings (SSSR count). The van der Waals surface area contributed by atoms with Crippen molar-refractivity contribution in [2.24, 2.45) is 0 Å². The van der Waals surface area contributed by atoms with Crippen LogP contribution in [0.3, 0.4) is 0 Å². The summed E-state index contributed by atoms with van der Waals surface area (Å²) in [6.07, 6.45) is 0. The second-order valence-corrected chi connectivity index (χ2v) is 7.93. The Morgan fingerprint density at radius 1 is 0.742 bits per heavy atom. The molecule has 0 aliphatic rings. The Morgan fingerprint density at radius 2 is 1.16 bits per heavy atom. The number of aliphatic carboxylic acids is 3. The molecule has 0 heterocycles. The molecule has 174 valence electrons. The summed E-state index contributed by atoms with van der Waals surface area (Å²) in [5.74, 6) is -2.43. The fourth-order valence-electron chi connectivity index (χ4n) is 3.24. The summed E-state index contributed by atoms with van der Waals surface area (Å²) in [4.78, 5) is 38.7. The van der Waals surface area contributed by atoms with Crippen molar-refractivity contribution in [1.82, 2.24) is 14.7 Å². The molecule has 0 spiro atoms. The van der Waals surface area contributed by atoms with E-state index in [1.165, 1.54) is 5.56 Å². The van der Waals surface area contributed by atoms with Gasteiger partial charge in [0.25, 0.3) is 0 Å². The molecule has 0 radical (unpaired) electrons. The van der Waals surface area contributed by atoms with Gasteiger partial charge in [-0.3, -0.25) is 29.1 Å². The molecule has 0 amide bonds. The van der Waals surface area contributed by atoms with Gasteiger partial charge in [-0.05, 0) is 23.6 Å². The Kier molecular flexibility index (Phi) is 11.8. The monoisotopic (exact) mass is 437 g/mol. The highest BCUT2D eigenvalue weighted by atomic mass is 16.4. The van der Waals surface area contributed by atoms with E-state index in [1.54, 1.807) is 14.7 Å². The Morgan fingerprint density at radius 3 is 1.61 bits per heavy atom. The first-order valence-corrected chi connectivity index (χ1v) is 10.5. The van der Waals surface area contributed by atoms with Gasteiger partial charge in [0, 0.05) is 32.7 Å². The number of carboxylic acid groups (broad SMARTS) is 3. The molecule has 9 heteroatoms. The summed E-state index contributed by atoms with van der Waals surface area (Å²) < 4.78 is 0. The van der Waals surface area contributed by atoms with Gasteiger partial charge in [0.1, 0.15) is 0 Å². The predicted octanol–water partition coefficient (Wildman–Crippen LogP) is 1.49. The topological polar surface area (TPSA) is 122 Å². The lowest BCUT2D eigenvalue weighted by Gasteiger charge is -2.28. The lowest BCUT2D eigenvalue weighted by Crippen LogP contribution is -2.43. The average molecular weight is 438 g/mol. The number of rotatable bonds is 16. The molecule has 0 unspecified atom stereocenters. The Bertz CT molecular complexity index is 708. The average Bonchev–Trinajstić information content (AvgIpc) is 2.68. The largest absolute Gasteiger partial charge is 0.480 e. The highest BCUT2D eigenvalue weighted by Crippen LogP contribution is 2.15. The van der Waals surface area contributed by atoms with Crippen LogP contribution in [0.4, 0.5) is 0 Å². The number of likely N-dealkylation sites (N-methyl/N-ethyl adjacent to an activating group) is 1. The third kappa shape index (κ3) is 11.5. The first-order valence-electron chi connectivity index (χ1n) is 10.5. The molecule has 9 nitrogen and oxygen atoms in total. The zero-order chi connectivity index (χ0) is 23.4. The molecule has 1 aromatic rings. The standard InChI is InChI=1S/C22H35N3O6/c1-4-23(14-20(26)27)9-10-24(15-21(28)29)11-12-25(16-22(30)31)13-18-5-7-19(8-6-18)17(2)3/h5-8,17H,4,9-16H2,1-3H3,(H,26,27)(H,28,29)(H,30,31). The van der Waals surface area contributed by atoms with Crippen molar-refractivity contribution in [3.63, 3.8) is 0 Å². The quantitative estimate of drug-likeness (QED) is 0.353. The van der Waals surface area contributed by atoms with Crippen LogP contribution in [0.15, 0.2) is 24.3 Å². The van der Waals surface area contributed by atoms with Gasteiger partial charge in [0.15, 0.2) is 0 Å². The Balaban J connectivity index is 2.74. The van der Waals surface area contributed by atoms with E-state index >= 15 is 0 Å². The van der Waals surface area contributed by atoms with Gasteiger partial charge in [0.05, 0.1) is 19.6 Å². The van der Waals surface area contributed by atoms with E-state index in [-0.39, 0.29) is 19.6 Å². The van der Waals surface area contributed by atoms with E-state index in [1.807, 2.05) is 31.2 Å². The highest BCUT2D eigenvalue weighted by Gasteiger charge is 2.16. The van der Waals surface area contributed by atoms with Crippen molar-refractivity contribution in [1.29, 1.82) is 0 Å². The minimum absolute atomic E-state index is 0.102. The lowest BCUT2D eigenvalue weighted by atomic mass is 10.0. The smallest absolute Gasteiger partial charge is 0.317 e. The molecule has 0 atom stereocenters. The van der Waals surface area contributed by atoms with Gasteiger partial charge < -0.3 is 15.3 Å². The SMILES string of the molecule is CCN(CCN(CCN(CC(=O)O)Cc1ccc(C(C)C)cc1)CC(=O)O)CC(=O)O. The number of carboxylic acids is 3. The fourth-order valence-corrected chi connectivity index (χ4v) is 3.24. The molecule has 0 fully saturated rings. The van der Waals surface area contributed by atoms with Gasteiger partial charge in [-0.1, -0.05) is 45.0 Å². The third-order valence-electron chi connectivity index (χ3n) is 5.04. The zero-order valence-corrected chi connectivity index (χ0v) is 18.7. The molecule has 3 N–H and O–H groups in total. The second kappa shape index (κ2) is 13.7. The van der Waals surface area contributed by atoms with Gasteiger partial charge in [-0.15, -0.1) is 0 Å². The molecule has 0 aliphatic carbocycles. The molecule has 0 saturated carbocycles. The number of hydrogen-bond acceptors (Lipinski definition) is 6. The van der Waals surface area contributed by atoms with Gasteiger partial charge in [-0.25, -0.2) is 0 Å². The normalized spacial score (nSPS) is 11.6. The molecule has 0 bridgehead atoms. The first-order chi connectivity index (χ1) is 14.6. The summed E-state index contributed by atoms with van der Waals surface area (Å²) in [6.45, 7) is 8.20. The summed E-state index contributed by atoms with van der Waals surface area (Å²) in [5.41, 5.74) is 2.21. The molecule has 0 saturated heterocycles. The highest BCUT2D eigenvalue weighted by molar-refractivity contribution is 5.69. The second-order valence-electron chi connectivity index (χ2n) is 7.93. The number of hydrogen-bond donors (Lipinski definition) is 3. The third-order valence-corrected chi connectivity index (χ3v) is 5.04. The van der Waals surface area contributed by atoms with E-state index in [0.717, 1.165) is 5.56 Å². The molecule has 31 heavy (non-hydrogen) atoms. The van der Waals surface area contributed by atoms with E-state index in [0.29, 0.717) is 45.2 Å². The van der Waals surface area contributed by atoms with Gasteiger partial charge in [0.2, 0.25) is 0 Å². The van der Waals surface area contributed by atoms with Crippen molar-refractivity contribution in [2.45, 2.75) is 33.2 Å². The maximum absolute atomic E-state index is 11.3. The van der Waals surface area contributed by atoms with E-state index in [2.05, 4.69) is 13.8 Å². The van der Waals surface area contributed by atoms with Crippen molar-refractivity contribution < 1.29 is 29.7 Å². The first kappa shape index (κ1) is 26.5. The van der Waals surface area contributed by atoms with E-state index in [9.17, 15) is 24.6 Å². The van der Waals surface area contributed by atoms with Crippen LogP contribution >= 0.6 is 0 Å². The summed E-state index contributed by atoms with van der Waals surface area (Å²) in [6, 6.07) is 8.06. The van der Waals surface area contributed by atoms with Crippen molar-refractivity contribution in [3.8, 4) is 0 Å². The Labute approximate surface area is 183 Å². The van der Waals surface area contributed by atoms with Crippen molar-refractivity contribution >= 4 is 17.9 Å². The van der Waals surface area contributed by atoms with E-state index in [4.69, 9.17) is 5.11 Å². The molecular weight excluding hydrogens is 402 g/mol. The number of nitrogens with zero attached hydrogens (tertiary/aromatic N) is 3. The van der Waals surface area contributed by atoms with Crippen LogP contribution in [-0.4, -0.2) is 100 Å². The van der Waals surface area contributed by atoms with Crippen molar-refractivity contribution in [3.05, 3.63) is 35.4 Å². The van der Waals surface area contributed by atoms with Gasteiger partial charge in [-0.2, -0.15) is 0 Å². The van der Waals surface area contributed by atoms with Crippen LogP contribution in [0.25, 0.3) is 0 Å². The van der Waals surface area contributed by atoms with Crippen LogP contribution in [0.1, 0.15) is 37.8 Å². The van der Waals surface area contributed by atoms with Gasteiger partial charge >= 0.3 is 17.9 Å². The van der Waals surface area contributed by atoms with Crippen molar-refractivity contribution in [2.75, 3.05) is 52.4 Å². The zero-order valence-electron chi connectivity index (χ0n) is 18.7. The summed E-state index contributed by atoms with van der Waals surface area (Å²) in [7, 11) is 0. The van der Waals surface area contributed by atoms with Crippen LogP contribution in [-0.2, 0) is 20.9 Å². The number of carbonyl (C=O) groups is 3. The fraction of sp³-hybridized carbons (Fsp3) is 0.591. The Hall–Kier alpha value is -2.49. The predicted molar refractivity (Wildman–Crippen MR) is 117 cm³/mol. The molecule has 0 aliphatic heterocycles. The molecular formula is C22H35N3O6. The molecule has 0 aromatic heterocycles. The van der Waals surface area contributed by atoms with Crippen LogP contribution < -0.4 is 0 Å². The molecule has 1 aromatic carbocycles. The van der Waals surface area contributed by atoms with Crippen LogP contribution in [0.5, 0.6) is 0 Å². The van der Waals surface area contributed by atoms with E-state index < -0.39 is 17.9 Å². The maximum Gasteiger partial charge on any atom is 0.317 e. The summed E-state index contributed by atoms with van der Waals surface area (Å²) >= 11 is 0. The minimum Gasteiger partial charge on any atom is -0.480 e. The maximum atomic E-state index is 11.3. The minimum atomic E-state index is -0.977. The lowest BCUT2D eigenvalue weighted by molar-refractivity contribution is -0.140. The summed E-state index contributed by atoms with van der Waals surface area (Å²) in [5, 5.41) is 27.4. The van der Waals surface area contributed by atoms with Crippen LogP contribution in [0, 0.1) is 0 Å².